The highest BCUT2D eigenvalue weighted by Crippen LogP contribution is 2.30. The van der Waals surface area contributed by atoms with Crippen LogP contribution in [0.2, 0.25) is 0 Å². The summed E-state index contributed by atoms with van der Waals surface area (Å²) in [4.78, 5) is 26.3. The van der Waals surface area contributed by atoms with E-state index in [9.17, 15) is 15.2 Å². The van der Waals surface area contributed by atoms with Crippen molar-refractivity contribution in [3.63, 3.8) is 0 Å². The highest BCUT2D eigenvalue weighted by Gasteiger charge is 2.34. The van der Waals surface area contributed by atoms with Crippen molar-refractivity contribution in [2.75, 3.05) is 26.7 Å². The minimum atomic E-state index is -0.356. The summed E-state index contributed by atoms with van der Waals surface area (Å²) in [5, 5.41) is 19.2. The van der Waals surface area contributed by atoms with Crippen molar-refractivity contribution < 1.29 is 14.6 Å². The third kappa shape index (κ3) is 5.70. The number of rotatable bonds is 7. The molecule has 3 atom stereocenters. The minimum absolute atomic E-state index is 0.00114. The Morgan fingerprint density at radius 1 is 1.25 bits per heavy atom. The first-order valence-corrected chi connectivity index (χ1v) is 12.1. The van der Waals surface area contributed by atoms with Crippen molar-refractivity contribution in [3.05, 3.63) is 77.7 Å². The first-order chi connectivity index (χ1) is 17.4. The lowest BCUT2D eigenvalue weighted by Gasteiger charge is -2.37. The van der Waals surface area contributed by atoms with E-state index in [1.54, 1.807) is 41.6 Å². The summed E-state index contributed by atoms with van der Waals surface area (Å²) in [5.74, 6) is 0.0502. The topological polar surface area (TPSA) is 103 Å². The third-order valence-corrected chi connectivity index (χ3v) is 6.51. The number of likely N-dealkylation sites (N-methyl/N-ethyl adjacent to an activating group) is 1. The zero-order valence-corrected chi connectivity index (χ0v) is 20.8. The van der Waals surface area contributed by atoms with Gasteiger partial charge in [0.25, 0.3) is 5.91 Å². The Kier molecular flexibility index (Phi) is 7.93. The normalized spacial score (nSPS) is 18.6. The van der Waals surface area contributed by atoms with Crippen LogP contribution in [0.3, 0.4) is 0 Å². The molecule has 1 aromatic carbocycles. The van der Waals surface area contributed by atoms with Crippen molar-refractivity contribution in [1.29, 1.82) is 5.26 Å². The van der Waals surface area contributed by atoms with E-state index >= 15 is 0 Å². The Labute approximate surface area is 211 Å². The van der Waals surface area contributed by atoms with Gasteiger partial charge in [-0.05, 0) is 49.4 Å². The molecule has 8 heteroatoms. The van der Waals surface area contributed by atoms with Crippen LogP contribution >= 0.6 is 0 Å². The van der Waals surface area contributed by atoms with E-state index in [-0.39, 0.29) is 36.5 Å². The molecule has 0 aliphatic carbocycles. The lowest BCUT2D eigenvalue weighted by molar-refractivity contribution is 0.0325. The van der Waals surface area contributed by atoms with E-state index in [2.05, 4.69) is 27.9 Å². The van der Waals surface area contributed by atoms with Crippen molar-refractivity contribution in [2.45, 2.75) is 32.5 Å². The maximum absolute atomic E-state index is 13.6. The largest absolute Gasteiger partial charge is 0.472 e. The summed E-state index contributed by atoms with van der Waals surface area (Å²) >= 11 is 0. The molecule has 0 saturated heterocycles. The van der Waals surface area contributed by atoms with Gasteiger partial charge in [-0.3, -0.25) is 14.7 Å². The number of carbonyl (C=O) groups excluding carboxylic acids is 1. The van der Waals surface area contributed by atoms with Gasteiger partial charge in [-0.15, -0.1) is 0 Å². The van der Waals surface area contributed by atoms with Crippen molar-refractivity contribution in [2.24, 2.45) is 5.92 Å². The maximum Gasteiger partial charge on any atom is 0.259 e. The third-order valence-electron chi connectivity index (χ3n) is 6.51. The van der Waals surface area contributed by atoms with Crippen LogP contribution in [0.5, 0.6) is 5.88 Å². The molecule has 186 valence electrons. The second kappa shape index (κ2) is 11.3. The number of carbonyl (C=O) groups is 1. The number of aromatic nitrogens is 2. The fraction of sp³-hybridized carbons (Fsp3) is 0.357. The predicted octanol–water partition coefficient (Wildman–Crippen LogP) is 3.37. The van der Waals surface area contributed by atoms with Crippen LogP contribution in [0, 0.1) is 17.2 Å². The summed E-state index contributed by atoms with van der Waals surface area (Å²) in [7, 11) is 2.03. The van der Waals surface area contributed by atoms with Crippen LogP contribution in [-0.2, 0) is 6.54 Å². The molecule has 3 heterocycles. The Bertz CT molecular complexity index is 1240. The zero-order valence-electron chi connectivity index (χ0n) is 20.8. The number of nitrogens with zero attached hydrogens (tertiary/aromatic N) is 5. The van der Waals surface area contributed by atoms with Crippen molar-refractivity contribution in [1.82, 2.24) is 19.8 Å². The number of aliphatic hydroxyl groups is 1. The molecule has 0 saturated carbocycles. The van der Waals surface area contributed by atoms with Crippen LogP contribution in [-0.4, -0.2) is 69.7 Å². The molecule has 1 N–H and O–H groups in total. The number of amides is 1. The molecule has 0 fully saturated rings. The van der Waals surface area contributed by atoms with Crippen LogP contribution in [0.25, 0.3) is 11.1 Å². The molecule has 0 spiro atoms. The van der Waals surface area contributed by atoms with Crippen molar-refractivity contribution >= 4 is 5.91 Å². The number of aliphatic hydroxyl groups excluding tert-OH is 1. The van der Waals surface area contributed by atoms with E-state index in [1.807, 2.05) is 38.4 Å². The number of fused-ring (bicyclic) bond motifs is 1. The number of nitriles is 1. The number of ether oxygens (including phenoxy) is 1. The molecule has 36 heavy (non-hydrogen) atoms. The summed E-state index contributed by atoms with van der Waals surface area (Å²) in [5.41, 5.74) is 3.50. The standard InChI is InChI=1S/C28H31N5O3/c1-19-15-33(20(2)18-34)28(35)25-11-24(23-8-4-6-21(10-23)12-29)14-31-27(25)36-26(19)17-32(3)16-22-7-5-9-30-13-22/h4-11,13-14,19-20,26,34H,15-18H2,1-3H3/t19-,20-,26-/m0/s1. The first-order valence-electron chi connectivity index (χ1n) is 12.1. The van der Waals surface area contributed by atoms with E-state index in [4.69, 9.17) is 4.74 Å². The van der Waals surface area contributed by atoms with Gasteiger partial charge in [0, 0.05) is 49.7 Å². The molecule has 3 aromatic rings. The first kappa shape index (κ1) is 25.3. The van der Waals surface area contributed by atoms with Gasteiger partial charge in [0.2, 0.25) is 5.88 Å². The van der Waals surface area contributed by atoms with Gasteiger partial charge in [-0.2, -0.15) is 5.26 Å². The van der Waals surface area contributed by atoms with Crippen LogP contribution in [0.4, 0.5) is 0 Å². The summed E-state index contributed by atoms with van der Waals surface area (Å²) in [6, 6.07) is 14.7. The maximum atomic E-state index is 13.6. The van der Waals surface area contributed by atoms with E-state index in [0.29, 0.717) is 30.8 Å². The van der Waals surface area contributed by atoms with Crippen molar-refractivity contribution in [3.8, 4) is 23.1 Å². The van der Waals surface area contributed by atoms with Gasteiger partial charge in [0.05, 0.1) is 24.3 Å². The monoisotopic (exact) mass is 485 g/mol. The molecule has 1 aliphatic rings. The summed E-state index contributed by atoms with van der Waals surface area (Å²) in [6.07, 6.45) is 5.05. The highest BCUT2D eigenvalue weighted by molar-refractivity contribution is 5.98. The molecule has 0 radical (unpaired) electrons. The molecular weight excluding hydrogens is 454 g/mol. The number of hydrogen-bond donors (Lipinski definition) is 1. The molecule has 0 bridgehead atoms. The fourth-order valence-electron chi connectivity index (χ4n) is 4.42. The molecule has 0 unspecified atom stereocenters. The second-order valence-corrected chi connectivity index (χ2v) is 9.45. The Morgan fingerprint density at radius 2 is 2.08 bits per heavy atom. The van der Waals surface area contributed by atoms with Crippen LogP contribution < -0.4 is 4.74 Å². The molecule has 1 aliphatic heterocycles. The molecule has 1 amide bonds. The molecular formula is C28H31N5O3. The highest BCUT2D eigenvalue weighted by atomic mass is 16.5. The number of hydrogen-bond acceptors (Lipinski definition) is 7. The van der Waals surface area contributed by atoms with Gasteiger partial charge >= 0.3 is 0 Å². The van der Waals surface area contributed by atoms with Gasteiger partial charge < -0.3 is 14.7 Å². The second-order valence-electron chi connectivity index (χ2n) is 9.45. The Hall–Kier alpha value is -3.80. The predicted molar refractivity (Wildman–Crippen MR) is 136 cm³/mol. The molecule has 8 nitrogen and oxygen atoms in total. The lowest BCUT2D eigenvalue weighted by Crippen LogP contribution is -2.49. The van der Waals surface area contributed by atoms with E-state index < -0.39 is 0 Å². The SMILES string of the molecule is C[C@H]1CN([C@@H](C)CO)C(=O)c2cc(-c3cccc(C#N)c3)cnc2O[C@H]1CN(C)Cc1cccnc1. The van der Waals surface area contributed by atoms with Gasteiger partial charge in [0.1, 0.15) is 11.7 Å². The van der Waals surface area contributed by atoms with Gasteiger partial charge in [-0.1, -0.05) is 25.1 Å². The van der Waals surface area contributed by atoms with E-state index in [1.165, 1.54) is 0 Å². The van der Waals surface area contributed by atoms with Gasteiger partial charge in [0.15, 0.2) is 0 Å². The van der Waals surface area contributed by atoms with Crippen LogP contribution in [0.15, 0.2) is 61.1 Å². The average molecular weight is 486 g/mol. The summed E-state index contributed by atoms with van der Waals surface area (Å²) < 4.78 is 6.39. The Balaban J connectivity index is 1.67. The Morgan fingerprint density at radius 3 is 2.81 bits per heavy atom. The average Bonchev–Trinajstić information content (AvgIpc) is 2.90. The summed E-state index contributed by atoms with van der Waals surface area (Å²) in [6.45, 7) is 5.53. The number of pyridine rings is 2. The van der Waals surface area contributed by atoms with E-state index in [0.717, 1.165) is 16.7 Å². The molecule has 2 aromatic heterocycles. The minimum Gasteiger partial charge on any atom is -0.472 e. The number of benzene rings is 1. The quantitative estimate of drug-likeness (QED) is 0.547. The lowest BCUT2D eigenvalue weighted by atomic mass is 9.98. The smallest absolute Gasteiger partial charge is 0.259 e. The fourth-order valence-corrected chi connectivity index (χ4v) is 4.42. The van der Waals surface area contributed by atoms with Crippen LogP contribution in [0.1, 0.15) is 35.3 Å². The van der Waals surface area contributed by atoms with Gasteiger partial charge in [-0.25, -0.2) is 4.98 Å². The molecule has 4 rings (SSSR count). The zero-order chi connectivity index (χ0) is 25.7.